The molecule has 0 saturated heterocycles. The fourth-order valence-electron chi connectivity index (χ4n) is 3.76. The molecule has 1 aliphatic rings. The molecule has 0 spiro atoms. The van der Waals surface area contributed by atoms with E-state index >= 15 is 0 Å². The highest BCUT2D eigenvalue weighted by Crippen LogP contribution is 2.41. The predicted molar refractivity (Wildman–Crippen MR) is 108 cm³/mol. The first-order valence-electron chi connectivity index (χ1n) is 9.12. The first kappa shape index (κ1) is 17.5. The normalized spacial score (nSPS) is 23.8. The third-order valence-corrected chi connectivity index (χ3v) is 5.74. The third kappa shape index (κ3) is 3.68. The number of aromatic nitrogens is 1. The molecule has 2 aromatic rings. The third-order valence-electron chi connectivity index (χ3n) is 5.74. The molecule has 1 saturated carbocycles. The van der Waals surface area contributed by atoms with Gasteiger partial charge in [0.15, 0.2) is 0 Å². The van der Waals surface area contributed by atoms with Crippen LogP contribution in [0.3, 0.4) is 0 Å². The van der Waals surface area contributed by atoms with Crippen LogP contribution in [0.5, 0.6) is 0 Å². The SMILES string of the molecule is C=C/C=C\C=C(/C)c1cc2ccc(CC3CC(C)[C@H]3C)cc2c(=O)[nH]1. The minimum absolute atomic E-state index is 0.00942. The van der Waals surface area contributed by atoms with Crippen LogP contribution in [-0.2, 0) is 6.42 Å². The predicted octanol–water partition coefficient (Wildman–Crippen LogP) is 5.51. The summed E-state index contributed by atoms with van der Waals surface area (Å²) in [4.78, 5) is 15.6. The summed E-state index contributed by atoms with van der Waals surface area (Å²) in [5, 5.41) is 1.79. The van der Waals surface area contributed by atoms with Crippen molar-refractivity contribution in [3.05, 3.63) is 76.8 Å². The highest BCUT2D eigenvalue weighted by atomic mass is 16.1. The largest absolute Gasteiger partial charge is 0.322 e. The Morgan fingerprint density at radius 2 is 2.08 bits per heavy atom. The second-order valence-electron chi connectivity index (χ2n) is 7.44. The molecule has 0 amide bonds. The average molecular weight is 333 g/mol. The van der Waals surface area contributed by atoms with E-state index in [0.717, 1.165) is 46.2 Å². The standard InChI is InChI=1S/C23H27NO/c1-5-6-7-8-15(2)22-14-19-10-9-18(13-21(19)23(25)24-22)12-20-11-16(3)17(20)4/h5-10,13-14,16-17,20H,1,11-12H2,2-4H3,(H,24,25)/b7-6-,15-8+/t16?,17-,20?/m1/s1. The molecule has 2 nitrogen and oxygen atoms in total. The van der Waals surface area contributed by atoms with Gasteiger partial charge in [-0.25, -0.2) is 0 Å². The number of allylic oxidation sites excluding steroid dienone is 5. The lowest BCUT2D eigenvalue weighted by atomic mass is 9.64. The smallest absolute Gasteiger partial charge is 0.256 e. The maximum atomic E-state index is 12.6. The van der Waals surface area contributed by atoms with Gasteiger partial charge in [-0.05, 0) is 66.2 Å². The van der Waals surface area contributed by atoms with Crippen LogP contribution < -0.4 is 5.56 Å². The van der Waals surface area contributed by atoms with Gasteiger partial charge in [-0.3, -0.25) is 4.79 Å². The van der Waals surface area contributed by atoms with Crippen LogP contribution in [0.15, 0.2) is 59.9 Å². The van der Waals surface area contributed by atoms with Crippen molar-refractivity contribution < 1.29 is 0 Å². The number of hydrogen-bond donors (Lipinski definition) is 1. The molecule has 2 unspecified atom stereocenters. The minimum Gasteiger partial charge on any atom is -0.322 e. The Morgan fingerprint density at radius 3 is 2.76 bits per heavy atom. The number of H-pyrrole nitrogens is 1. The topological polar surface area (TPSA) is 32.9 Å². The molecule has 0 bridgehead atoms. The number of aromatic amines is 1. The molecule has 2 heteroatoms. The number of fused-ring (bicyclic) bond motifs is 1. The van der Waals surface area contributed by atoms with E-state index in [1.807, 2.05) is 25.2 Å². The molecule has 0 radical (unpaired) electrons. The fourth-order valence-corrected chi connectivity index (χ4v) is 3.76. The van der Waals surface area contributed by atoms with Crippen molar-refractivity contribution in [2.24, 2.45) is 17.8 Å². The highest BCUT2D eigenvalue weighted by Gasteiger charge is 2.33. The van der Waals surface area contributed by atoms with E-state index in [1.54, 1.807) is 6.08 Å². The fraction of sp³-hybridized carbons (Fsp3) is 0.348. The number of pyridine rings is 1. The Hall–Kier alpha value is -2.35. The zero-order valence-corrected chi connectivity index (χ0v) is 15.4. The Balaban J connectivity index is 1.89. The van der Waals surface area contributed by atoms with Crippen molar-refractivity contribution in [2.45, 2.75) is 33.6 Å². The van der Waals surface area contributed by atoms with Crippen LogP contribution >= 0.6 is 0 Å². The van der Waals surface area contributed by atoms with Crippen LogP contribution in [0.4, 0.5) is 0 Å². The molecular weight excluding hydrogens is 306 g/mol. The van der Waals surface area contributed by atoms with Gasteiger partial charge in [-0.2, -0.15) is 0 Å². The lowest BCUT2D eigenvalue weighted by Crippen LogP contribution is -2.33. The molecule has 1 aliphatic carbocycles. The maximum absolute atomic E-state index is 12.6. The van der Waals surface area contributed by atoms with Crippen LogP contribution in [0.2, 0.25) is 0 Å². The molecule has 3 atom stereocenters. The number of nitrogens with one attached hydrogen (secondary N) is 1. The van der Waals surface area contributed by atoms with E-state index in [-0.39, 0.29) is 5.56 Å². The zero-order valence-electron chi connectivity index (χ0n) is 15.4. The summed E-state index contributed by atoms with van der Waals surface area (Å²) in [7, 11) is 0. The van der Waals surface area contributed by atoms with Crippen LogP contribution in [0.25, 0.3) is 16.3 Å². The second-order valence-corrected chi connectivity index (χ2v) is 7.44. The molecule has 25 heavy (non-hydrogen) atoms. The van der Waals surface area contributed by atoms with E-state index in [9.17, 15) is 4.79 Å². The first-order chi connectivity index (χ1) is 12.0. The molecule has 1 heterocycles. The highest BCUT2D eigenvalue weighted by molar-refractivity contribution is 5.85. The number of rotatable bonds is 5. The van der Waals surface area contributed by atoms with Gasteiger partial charge in [-0.15, -0.1) is 0 Å². The molecule has 1 N–H and O–H groups in total. The number of hydrogen-bond acceptors (Lipinski definition) is 1. The Bertz CT molecular complexity index is 900. The average Bonchev–Trinajstić information content (AvgIpc) is 2.61. The molecule has 0 aliphatic heterocycles. The van der Waals surface area contributed by atoms with Crippen LogP contribution in [0, 0.1) is 17.8 Å². The zero-order chi connectivity index (χ0) is 18.0. The van der Waals surface area contributed by atoms with Crippen LogP contribution in [-0.4, -0.2) is 4.98 Å². The summed E-state index contributed by atoms with van der Waals surface area (Å²) < 4.78 is 0. The van der Waals surface area contributed by atoms with Gasteiger partial charge in [0.25, 0.3) is 5.56 Å². The summed E-state index contributed by atoms with van der Waals surface area (Å²) in [6.07, 6.45) is 9.89. The molecule has 1 aromatic heterocycles. The Labute approximate surface area is 150 Å². The van der Waals surface area contributed by atoms with Crippen molar-refractivity contribution in [1.82, 2.24) is 4.98 Å². The maximum Gasteiger partial charge on any atom is 0.256 e. The van der Waals surface area contributed by atoms with E-state index in [4.69, 9.17) is 0 Å². The van der Waals surface area contributed by atoms with Crippen molar-refractivity contribution in [3.8, 4) is 0 Å². The van der Waals surface area contributed by atoms with Crippen LogP contribution in [0.1, 0.15) is 38.4 Å². The lowest BCUT2D eigenvalue weighted by molar-refractivity contribution is 0.104. The molecule has 3 rings (SSSR count). The van der Waals surface area contributed by atoms with E-state index in [1.165, 1.54) is 12.0 Å². The number of benzene rings is 1. The van der Waals surface area contributed by atoms with Gasteiger partial charge >= 0.3 is 0 Å². The second kappa shape index (κ2) is 7.26. The molecule has 130 valence electrons. The molecule has 1 fully saturated rings. The van der Waals surface area contributed by atoms with E-state index < -0.39 is 0 Å². The Kier molecular flexibility index (Phi) is 5.08. The summed E-state index contributed by atoms with van der Waals surface area (Å²) in [5.74, 6) is 2.38. The molecule has 1 aromatic carbocycles. The summed E-state index contributed by atoms with van der Waals surface area (Å²) >= 11 is 0. The first-order valence-corrected chi connectivity index (χ1v) is 9.12. The van der Waals surface area contributed by atoms with Crippen molar-refractivity contribution >= 4 is 16.3 Å². The van der Waals surface area contributed by atoms with Gasteiger partial charge in [-0.1, -0.05) is 56.9 Å². The summed E-state index contributed by atoms with van der Waals surface area (Å²) in [5.41, 5.74) is 3.15. The van der Waals surface area contributed by atoms with Gasteiger partial charge < -0.3 is 4.98 Å². The van der Waals surface area contributed by atoms with Crippen molar-refractivity contribution in [2.75, 3.05) is 0 Å². The van der Waals surface area contributed by atoms with Crippen molar-refractivity contribution in [1.29, 1.82) is 0 Å². The van der Waals surface area contributed by atoms with E-state index in [0.29, 0.717) is 0 Å². The van der Waals surface area contributed by atoms with Gasteiger partial charge in [0.05, 0.1) is 0 Å². The summed E-state index contributed by atoms with van der Waals surface area (Å²) in [6.45, 7) is 10.3. The van der Waals surface area contributed by atoms with Crippen molar-refractivity contribution in [3.63, 3.8) is 0 Å². The van der Waals surface area contributed by atoms with Gasteiger partial charge in [0, 0.05) is 11.1 Å². The van der Waals surface area contributed by atoms with Gasteiger partial charge in [0.2, 0.25) is 0 Å². The van der Waals surface area contributed by atoms with Gasteiger partial charge in [0.1, 0.15) is 0 Å². The quantitative estimate of drug-likeness (QED) is 0.719. The lowest BCUT2D eigenvalue weighted by Gasteiger charge is -2.41. The van der Waals surface area contributed by atoms with E-state index in [2.05, 4.69) is 49.7 Å². The molecular formula is C23H27NO. The minimum atomic E-state index is -0.00942. The monoisotopic (exact) mass is 333 g/mol. The summed E-state index contributed by atoms with van der Waals surface area (Å²) in [6, 6.07) is 8.40. The Morgan fingerprint density at radius 1 is 1.28 bits per heavy atom.